The molecule has 2 rings (SSSR count). The summed E-state index contributed by atoms with van der Waals surface area (Å²) in [6.07, 6.45) is 4.69. The van der Waals surface area contributed by atoms with E-state index in [0.717, 1.165) is 30.8 Å². The van der Waals surface area contributed by atoms with E-state index >= 15 is 28.8 Å². The lowest BCUT2D eigenvalue weighted by atomic mass is 9.91. The highest BCUT2D eigenvalue weighted by atomic mass is 32.2. The normalized spacial score (nSPS) is 27.7. The minimum absolute atomic E-state index is 0.0177. The second-order valence-corrected chi connectivity index (χ2v) is 30.5. The van der Waals surface area contributed by atoms with E-state index in [2.05, 4.69) is 26.2 Å². The van der Waals surface area contributed by atoms with E-state index in [-0.39, 0.29) is 66.8 Å². The van der Waals surface area contributed by atoms with E-state index in [4.69, 9.17) is 0 Å². The van der Waals surface area contributed by atoms with Crippen LogP contribution in [0.3, 0.4) is 0 Å². The number of piperidine rings is 1. The highest BCUT2D eigenvalue weighted by Gasteiger charge is 2.47. The molecule has 2 heterocycles. The molecule has 0 spiro atoms. The monoisotopic (exact) mass is 1340 g/mol. The fourth-order valence-electron chi connectivity index (χ4n) is 12.4. The number of hydrogen-bond acceptors (Lipinski definition) is 14. The molecule has 24 nitrogen and oxygen atoms in total. The van der Waals surface area contributed by atoms with Gasteiger partial charge in [0.25, 0.3) is 0 Å². The maximum Gasteiger partial charge on any atom is 0.246 e. The van der Waals surface area contributed by atoms with Gasteiger partial charge in [-0.05, 0) is 134 Å². The molecule has 1 unspecified atom stereocenters. The first kappa shape index (κ1) is 84.3. The van der Waals surface area contributed by atoms with Crippen molar-refractivity contribution in [1.82, 2.24) is 60.5 Å². The Balaban J connectivity index is 3.11. The Morgan fingerprint density at radius 1 is 0.457 bits per heavy atom. The average Bonchev–Trinajstić information content (AvgIpc) is 0.810. The topological polar surface area (TPSA) is 282 Å². The van der Waals surface area contributed by atoms with Crippen LogP contribution in [-0.4, -0.2) is 262 Å². The van der Waals surface area contributed by atoms with Gasteiger partial charge in [-0.1, -0.05) is 109 Å². The lowest BCUT2D eigenvalue weighted by molar-refractivity contribution is -0.157. The Labute approximate surface area is 568 Å². The van der Waals surface area contributed by atoms with Crippen molar-refractivity contribution in [1.29, 1.82) is 0 Å². The van der Waals surface area contributed by atoms with Gasteiger partial charge in [0.2, 0.25) is 65.0 Å². The van der Waals surface area contributed by atoms with E-state index < -0.39 is 155 Å². The zero-order chi connectivity index (χ0) is 72.2. The number of likely N-dealkylation sites (tertiary alicyclic amines) is 1. The molecule has 25 heteroatoms. The predicted molar refractivity (Wildman–Crippen MR) is 370 cm³/mol. The molecule has 13 atom stereocenters. The van der Waals surface area contributed by atoms with Crippen molar-refractivity contribution in [3.63, 3.8) is 0 Å². The quantitative estimate of drug-likeness (QED) is 0.119. The van der Waals surface area contributed by atoms with E-state index in [1.54, 1.807) is 59.4 Å². The van der Waals surface area contributed by atoms with E-state index in [0.29, 0.717) is 6.42 Å². The maximum atomic E-state index is 15.5. The molecule has 0 radical (unpaired) electrons. The lowest BCUT2D eigenvalue weighted by Gasteiger charge is -2.41. The molecule has 2 fully saturated rings. The van der Waals surface area contributed by atoms with Crippen LogP contribution in [-0.2, 0) is 52.7 Å². The first-order chi connectivity index (χ1) is 43.6. The van der Waals surface area contributed by atoms with Gasteiger partial charge in [0.1, 0.15) is 66.5 Å². The summed E-state index contributed by atoms with van der Waals surface area (Å²) in [5.74, 6) is -9.51. The van der Waals surface area contributed by atoms with Crippen LogP contribution in [0, 0.1) is 41.4 Å². The van der Waals surface area contributed by atoms with E-state index in [9.17, 15) is 29.1 Å². The molecule has 0 aromatic rings. The third-order valence-corrected chi connectivity index (χ3v) is 20.0. The number of allylic oxidation sites excluding steroid dienone is 2. The summed E-state index contributed by atoms with van der Waals surface area (Å²) in [6.45, 7) is 31.8. The molecular weight excluding hydrogens is 1220 g/mol. The Hall–Kier alpha value is -5.82. The zero-order valence-corrected chi connectivity index (χ0v) is 62.7. The number of nitrogens with zero attached hydrogens (tertiary/aromatic N) is 8. The van der Waals surface area contributed by atoms with E-state index in [1.165, 1.54) is 92.6 Å². The van der Waals surface area contributed by atoms with Crippen molar-refractivity contribution in [2.75, 3.05) is 75.2 Å². The molecule has 0 aliphatic carbocycles. The van der Waals surface area contributed by atoms with Gasteiger partial charge in [-0.3, -0.25) is 52.7 Å². The summed E-state index contributed by atoms with van der Waals surface area (Å²) < 4.78 is 0. The van der Waals surface area contributed by atoms with Gasteiger partial charge in [0, 0.05) is 60.3 Å². The Morgan fingerprint density at radius 3 is 1.32 bits per heavy atom. The molecular formula is C69H124N12O12S. The number of hydrogen-bond donors (Lipinski definition) is 5. The highest BCUT2D eigenvalue weighted by Crippen LogP contribution is 2.29. The van der Waals surface area contributed by atoms with Gasteiger partial charge in [0.15, 0.2) is 0 Å². The molecule has 0 saturated carbocycles. The summed E-state index contributed by atoms with van der Waals surface area (Å²) in [6, 6.07) is -13.7. The number of amides is 11. The average molecular weight is 1350 g/mol. The first-order valence-electron chi connectivity index (χ1n) is 34.3. The molecule has 0 aromatic carbocycles. The molecule has 0 aromatic heterocycles. The highest BCUT2D eigenvalue weighted by molar-refractivity contribution is 8.00. The molecule has 2 aliphatic rings. The summed E-state index contributed by atoms with van der Waals surface area (Å²) in [5.41, 5.74) is 0. The predicted octanol–water partition coefficient (Wildman–Crippen LogP) is 4.47. The fraction of sp³-hybridized carbons (Fsp3) is 0.812. The molecule has 94 heavy (non-hydrogen) atoms. The number of aliphatic hydroxyl groups excluding tert-OH is 1. The number of rotatable bonds is 18. The second kappa shape index (κ2) is 38.8. The second-order valence-electron chi connectivity index (χ2n) is 29.1. The number of carbonyl (C=O) groups excluding carboxylic acids is 11. The molecule has 2 saturated heterocycles. The maximum absolute atomic E-state index is 15.5. The third-order valence-electron chi connectivity index (χ3n) is 18.5. The van der Waals surface area contributed by atoms with Gasteiger partial charge < -0.3 is 65.6 Å². The zero-order valence-electron chi connectivity index (χ0n) is 61.9. The van der Waals surface area contributed by atoms with Crippen molar-refractivity contribution in [2.24, 2.45) is 41.4 Å². The number of nitrogens with one attached hydrogen (secondary N) is 4. The van der Waals surface area contributed by atoms with Crippen LogP contribution >= 0.6 is 11.8 Å². The van der Waals surface area contributed by atoms with Crippen LogP contribution < -0.4 is 21.3 Å². The van der Waals surface area contributed by atoms with Crippen molar-refractivity contribution in [2.45, 2.75) is 247 Å². The van der Waals surface area contributed by atoms with Crippen LogP contribution in [0.2, 0.25) is 0 Å². The SMILES string of the molecule is CC=CC[C@@H](C)[C@@H](O)[C@@H]1C(=O)N[C@H](CC)C(=O)N(C)[C@H](CSC2CCN(C)CC2)C(=O)N(C)[C@@H](CC(C)C)C(=O)N[C@H](C(C)C)C(=O)N(C)C(CC(C)C)C(=O)N[C@H](C)C(=O)N[C@@H](C)C(=O)N(C)[C@H](CC(C)C)C(=O)N(C)[C@H](CC(C)C)C(=O)N(C)[C@H](C(C)C)C(=O)N1C. The van der Waals surface area contributed by atoms with Crippen molar-refractivity contribution in [3.05, 3.63) is 12.2 Å². The van der Waals surface area contributed by atoms with Gasteiger partial charge in [-0.15, -0.1) is 0 Å². The molecule has 11 amide bonds. The van der Waals surface area contributed by atoms with Gasteiger partial charge in [-0.25, -0.2) is 0 Å². The molecule has 0 bridgehead atoms. The van der Waals surface area contributed by atoms with Crippen LogP contribution in [0.5, 0.6) is 0 Å². The van der Waals surface area contributed by atoms with Crippen LogP contribution in [0.1, 0.15) is 169 Å². The van der Waals surface area contributed by atoms with Gasteiger partial charge in [0.05, 0.1) is 6.10 Å². The van der Waals surface area contributed by atoms with Crippen molar-refractivity contribution >= 4 is 76.7 Å². The first-order valence-corrected chi connectivity index (χ1v) is 35.3. The van der Waals surface area contributed by atoms with Crippen LogP contribution in [0.25, 0.3) is 0 Å². The number of likely N-dealkylation sites (N-methyl/N-ethyl adjacent to an activating group) is 7. The van der Waals surface area contributed by atoms with Crippen molar-refractivity contribution in [3.8, 4) is 0 Å². The molecule has 538 valence electrons. The van der Waals surface area contributed by atoms with Crippen LogP contribution in [0.15, 0.2) is 12.2 Å². The Morgan fingerprint density at radius 2 is 0.862 bits per heavy atom. The summed E-state index contributed by atoms with van der Waals surface area (Å²) >= 11 is 1.55. The Kier molecular flexibility index (Phi) is 34.8. The van der Waals surface area contributed by atoms with Gasteiger partial charge >= 0.3 is 0 Å². The fourth-order valence-corrected chi connectivity index (χ4v) is 13.7. The number of carbonyl (C=O) groups is 11. The third kappa shape index (κ3) is 23.5. The van der Waals surface area contributed by atoms with E-state index in [1.807, 2.05) is 75.4 Å². The Bertz CT molecular complexity index is 2580. The molecule has 2 aliphatic heterocycles. The summed E-state index contributed by atoms with van der Waals surface area (Å²) in [4.78, 5) is 176. The van der Waals surface area contributed by atoms with Gasteiger partial charge in [-0.2, -0.15) is 11.8 Å². The van der Waals surface area contributed by atoms with Crippen LogP contribution in [0.4, 0.5) is 0 Å². The number of thioether (sulfide) groups is 1. The minimum atomic E-state index is -1.63. The van der Waals surface area contributed by atoms with Crippen molar-refractivity contribution < 1.29 is 57.8 Å². The molecule has 5 N–H and O–H groups in total. The standard InChI is InChI=1S/C69H124N12O12S/c1-26-28-29-45(15)58(82)57-62(86)72-49(27-2)64(88)79(23)54(38-94-48-30-32-74(18)33-31-48)67(91)75(19)51(35-40(5)6)61(85)73-55(43(11)12)68(92)76(20)50(34-39(3)4)60(84)70-46(16)59(83)71-47(17)63(87)77(21)52(36-41(7)8)65(89)78(22)53(37-42(9)10)66(90)80(24)56(44(13)14)69(93)81(57)25/h26,28,39-58,82H,27,29-38H2,1-25H3,(H,70,84)(H,71,83)(H,72,86)(H,73,85)/t45-,46-,47+,49-,50?,51+,52-,53-,54-,55-,56-,57-,58-/m1/s1. The minimum Gasteiger partial charge on any atom is -0.390 e. The largest absolute Gasteiger partial charge is 0.390 e. The summed E-state index contributed by atoms with van der Waals surface area (Å²) in [5, 5.41) is 23.7. The number of aliphatic hydroxyl groups is 1. The smallest absolute Gasteiger partial charge is 0.246 e. The summed E-state index contributed by atoms with van der Waals surface area (Å²) in [7, 11) is 12.2. The lowest BCUT2D eigenvalue weighted by Crippen LogP contribution is -2.64.